The molecule has 0 spiro atoms. The van der Waals surface area contributed by atoms with Gasteiger partial charge in [-0.1, -0.05) is 39.7 Å². The van der Waals surface area contributed by atoms with E-state index < -0.39 is 0 Å². The number of amides is 1. The van der Waals surface area contributed by atoms with E-state index in [-0.39, 0.29) is 5.91 Å². The van der Waals surface area contributed by atoms with Crippen LogP contribution in [0.3, 0.4) is 0 Å². The van der Waals surface area contributed by atoms with Crippen LogP contribution in [0, 0.1) is 13.8 Å². The van der Waals surface area contributed by atoms with Crippen LogP contribution in [0.25, 0.3) is 0 Å². The minimum Gasteiger partial charge on any atom is -0.379 e. The first-order chi connectivity index (χ1) is 8.63. The fourth-order valence-electron chi connectivity index (χ4n) is 1.65. The molecule has 1 amide bonds. The third-order valence-electron chi connectivity index (χ3n) is 2.65. The maximum absolute atomic E-state index is 11.7. The van der Waals surface area contributed by atoms with Gasteiger partial charge in [0.25, 0.3) is 0 Å². The highest BCUT2D eigenvalue weighted by Gasteiger charge is 2.05. The van der Waals surface area contributed by atoms with Gasteiger partial charge >= 0.3 is 0 Å². The number of ether oxygens (including phenoxy) is 1. The normalized spacial score (nSPS) is 10.4. The second-order valence-electron chi connectivity index (χ2n) is 4.26. The summed E-state index contributed by atoms with van der Waals surface area (Å²) in [5.74, 6) is 0.0474. The molecular weight excluding hydrogens is 294 g/mol. The van der Waals surface area contributed by atoms with Gasteiger partial charge in [0.1, 0.15) is 0 Å². The highest BCUT2D eigenvalue weighted by molar-refractivity contribution is 9.09. The van der Waals surface area contributed by atoms with E-state index >= 15 is 0 Å². The van der Waals surface area contributed by atoms with Crippen molar-refractivity contribution in [3.63, 3.8) is 0 Å². The lowest BCUT2D eigenvalue weighted by Crippen LogP contribution is -2.29. The molecule has 0 aliphatic heterocycles. The third kappa shape index (κ3) is 5.65. The van der Waals surface area contributed by atoms with Crippen LogP contribution >= 0.6 is 15.9 Å². The van der Waals surface area contributed by atoms with Crippen molar-refractivity contribution < 1.29 is 9.53 Å². The first kappa shape index (κ1) is 15.2. The zero-order chi connectivity index (χ0) is 13.4. The van der Waals surface area contributed by atoms with E-state index in [9.17, 15) is 4.79 Å². The number of hydrogen-bond acceptors (Lipinski definition) is 2. The van der Waals surface area contributed by atoms with E-state index in [1.165, 1.54) is 5.56 Å². The lowest BCUT2D eigenvalue weighted by atomic mass is 10.0. The molecule has 1 aromatic rings. The Morgan fingerprint density at radius 3 is 2.83 bits per heavy atom. The number of halogens is 1. The summed E-state index contributed by atoms with van der Waals surface area (Å²) in [4.78, 5) is 11.7. The summed E-state index contributed by atoms with van der Waals surface area (Å²) < 4.78 is 5.26. The maximum Gasteiger partial charge on any atom is 0.224 e. The summed E-state index contributed by atoms with van der Waals surface area (Å²) >= 11 is 3.28. The summed E-state index contributed by atoms with van der Waals surface area (Å²) in [5, 5.41) is 3.68. The Kier molecular flexibility index (Phi) is 6.98. The molecule has 0 aromatic heterocycles. The predicted octanol–water partition coefficient (Wildman–Crippen LogP) is 2.37. The van der Waals surface area contributed by atoms with Gasteiger partial charge in [0.2, 0.25) is 5.91 Å². The van der Waals surface area contributed by atoms with Gasteiger partial charge < -0.3 is 10.1 Å². The molecule has 0 fully saturated rings. The molecule has 0 bridgehead atoms. The van der Waals surface area contributed by atoms with Crippen molar-refractivity contribution >= 4 is 21.8 Å². The lowest BCUT2D eigenvalue weighted by molar-refractivity contribution is -0.120. The Labute approximate surface area is 117 Å². The average Bonchev–Trinajstić information content (AvgIpc) is 2.33. The Morgan fingerprint density at radius 1 is 1.33 bits per heavy atom. The number of benzene rings is 1. The number of aryl methyl sites for hydroxylation is 2. The zero-order valence-electron chi connectivity index (χ0n) is 11.0. The van der Waals surface area contributed by atoms with E-state index in [1.54, 1.807) is 0 Å². The van der Waals surface area contributed by atoms with Gasteiger partial charge in [-0.25, -0.2) is 0 Å². The van der Waals surface area contributed by atoms with Crippen molar-refractivity contribution in [2.45, 2.75) is 20.3 Å². The number of carbonyl (C=O) groups is 1. The van der Waals surface area contributed by atoms with E-state index in [0.717, 1.165) is 16.5 Å². The monoisotopic (exact) mass is 313 g/mol. The molecule has 0 aliphatic carbocycles. The molecule has 0 heterocycles. The molecule has 0 atom stereocenters. The van der Waals surface area contributed by atoms with E-state index in [2.05, 4.69) is 39.4 Å². The van der Waals surface area contributed by atoms with Gasteiger partial charge in [0.05, 0.1) is 19.6 Å². The molecule has 4 heteroatoms. The smallest absolute Gasteiger partial charge is 0.224 e. The van der Waals surface area contributed by atoms with Gasteiger partial charge in [-0.2, -0.15) is 0 Å². The molecule has 0 radical (unpaired) electrons. The quantitative estimate of drug-likeness (QED) is 0.620. The SMILES string of the molecule is Cc1ccc(C)c(CC(=O)NCCOCCBr)c1. The van der Waals surface area contributed by atoms with Crippen molar-refractivity contribution in [2.75, 3.05) is 25.1 Å². The van der Waals surface area contributed by atoms with Crippen LogP contribution in [0.2, 0.25) is 0 Å². The molecule has 18 heavy (non-hydrogen) atoms. The number of rotatable bonds is 7. The number of hydrogen-bond donors (Lipinski definition) is 1. The van der Waals surface area contributed by atoms with Crippen LogP contribution in [-0.4, -0.2) is 31.0 Å². The standard InChI is InChI=1S/C14H20BrNO2/c1-11-3-4-12(2)13(9-11)10-14(17)16-6-8-18-7-5-15/h3-4,9H,5-8,10H2,1-2H3,(H,16,17). The minimum absolute atomic E-state index is 0.0474. The van der Waals surface area contributed by atoms with E-state index in [4.69, 9.17) is 4.74 Å². The van der Waals surface area contributed by atoms with Crippen LogP contribution in [-0.2, 0) is 16.0 Å². The maximum atomic E-state index is 11.7. The minimum atomic E-state index is 0.0474. The van der Waals surface area contributed by atoms with Crippen molar-refractivity contribution in [1.29, 1.82) is 0 Å². The molecule has 0 saturated heterocycles. The van der Waals surface area contributed by atoms with Crippen LogP contribution in [0.1, 0.15) is 16.7 Å². The van der Waals surface area contributed by atoms with Crippen molar-refractivity contribution in [3.05, 3.63) is 34.9 Å². The van der Waals surface area contributed by atoms with Gasteiger partial charge in [0.15, 0.2) is 0 Å². The molecule has 1 aromatic carbocycles. The van der Waals surface area contributed by atoms with Crippen molar-refractivity contribution in [1.82, 2.24) is 5.32 Å². The van der Waals surface area contributed by atoms with Gasteiger partial charge in [0, 0.05) is 11.9 Å². The molecule has 0 unspecified atom stereocenters. The molecule has 0 aliphatic rings. The van der Waals surface area contributed by atoms with Crippen molar-refractivity contribution in [3.8, 4) is 0 Å². The zero-order valence-corrected chi connectivity index (χ0v) is 12.5. The van der Waals surface area contributed by atoms with E-state index in [0.29, 0.717) is 26.2 Å². The van der Waals surface area contributed by atoms with Crippen LogP contribution in [0.4, 0.5) is 0 Å². The predicted molar refractivity (Wildman–Crippen MR) is 77.2 cm³/mol. The molecule has 3 nitrogen and oxygen atoms in total. The molecule has 100 valence electrons. The van der Waals surface area contributed by atoms with Gasteiger partial charge in [-0.15, -0.1) is 0 Å². The summed E-state index contributed by atoms with van der Waals surface area (Å²) in [7, 11) is 0. The van der Waals surface area contributed by atoms with Crippen LogP contribution in [0.5, 0.6) is 0 Å². The largest absolute Gasteiger partial charge is 0.379 e. The first-order valence-electron chi connectivity index (χ1n) is 6.10. The van der Waals surface area contributed by atoms with Gasteiger partial charge in [-0.05, 0) is 25.0 Å². The Hall–Kier alpha value is -0.870. The summed E-state index contributed by atoms with van der Waals surface area (Å²) in [6.07, 6.45) is 0.436. The van der Waals surface area contributed by atoms with E-state index in [1.807, 2.05) is 13.8 Å². The lowest BCUT2D eigenvalue weighted by Gasteiger charge is -2.08. The highest BCUT2D eigenvalue weighted by Crippen LogP contribution is 2.11. The van der Waals surface area contributed by atoms with Gasteiger partial charge in [-0.3, -0.25) is 4.79 Å². The fraction of sp³-hybridized carbons (Fsp3) is 0.500. The Bertz CT molecular complexity index is 393. The second-order valence-corrected chi connectivity index (χ2v) is 5.05. The second kappa shape index (κ2) is 8.27. The summed E-state index contributed by atoms with van der Waals surface area (Å²) in [5.41, 5.74) is 3.43. The Morgan fingerprint density at radius 2 is 2.11 bits per heavy atom. The van der Waals surface area contributed by atoms with Crippen LogP contribution in [0.15, 0.2) is 18.2 Å². The molecule has 1 N–H and O–H groups in total. The topological polar surface area (TPSA) is 38.3 Å². The molecule has 0 saturated carbocycles. The van der Waals surface area contributed by atoms with Crippen LogP contribution < -0.4 is 5.32 Å². The fourth-order valence-corrected chi connectivity index (χ4v) is 1.87. The number of carbonyl (C=O) groups excluding carboxylic acids is 1. The molecule has 1 rings (SSSR count). The Balaban J connectivity index is 2.33. The summed E-state index contributed by atoms with van der Waals surface area (Å²) in [6, 6.07) is 6.18. The number of alkyl halides is 1. The average molecular weight is 314 g/mol. The third-order valence-corrected chi connectivity index (χ3v) is 2.97. The number of nitrogens with one attached hydrogen (secondary N) is 1. The highest BCUT2D eigenvalue weighted by atomic mass is 79.9. The van der Waals surface area contributed by atoms with Crippen molar-refractivity contribution in [2.24, 2.45) is 0 Å². The molecular formula is C14H20BrNO2. The first-order valence-corrected chi connectivity index (χ1v) is 7.22. The summed E-state index contributed by atoms with van der Waals surface area (Å²) in [6.45, 7) is 5.86.